The molecular weight excluding hydrogens is 362 g/mol. The summed E-state index contributed by atoms with van der Waals surface area (Å²) in [5, 5.41) is 6.57. The molecule has 0 aromatic carbocycles. The van der Waals surface area contributed by atoms with E-state index < -0.39 is 0 Å². The lowest BCUT2D eigenvalue weighted by Crippen LogP contribution is -2.49. The van der Waals surface area contributed by atoms with E-state index in [1.165, 1.54) is 0 Å². The largest absolute Gasteiger partial charge is 0.344 e. The Bertz CT molecular complexity index is 616. The van der Waals surface area contributed by atoms with Crippen LogP contribution in [0.4, 0.5) is 0 Å². The third-order valence-corrected chi connectivity index (χ3v) is 6.42. The van der Waals surface area contributed by atoms with Gasteiger partial charge in [0.05, 0.1) is 0 Å². The van der Waals surface area contributed by atoms with E-state index in [2.05, 4.69) is 22.2 Å². The number of hydrogen-bond donors (Lipinski definition) is 1. The Balaban J connectivity index is 1.57. The highest BCUT2D eigenvalue weighted by Gasteiger charge is 2.31. The van der Waals surface area contributed by atoms with Crippen molar-refractivity contribution in [3.8, 4) is 0 Å². The van der Waals surface area contributed by atoms with Crippen molar-refractivity contribution < 1.29 is 9.59 Å². The minimum Gasteiger partial charge on any atom is -0.344 e. The van der Waals surface area contributed by atoms with Crippen LogP contribution in [0.2, 0.25) is 0 Å². The number of aromatic nitrogens is 1. The van der Waals surface area contributed by atoms with Crippen molar-refractivity contribution in [1.29, 1.82) is 0 Å². The Morgan fingerprint density at radius 2 is 2.04 bits per heavy atom. The predicted octanol–water partition coefficient (Wildman–Crippen LogP) is 1.02. The number of rotatable bonds is 4. The normalized spacial score (nSPS) is 25.8. The Labute approximate surface area is 165 Å². The van der Waals surface area contributed by atoms with E-state index in [0.717, 1.165) is 57.0 Å². The molecule has 3 rings (SSSR count). The SMILES string of the molecule is CN1CCN(C(=O)C2CCCC(NCc3nccs3)CN(C)C(=O)C2)CC1. The van der Waals surface area contributed by atoms with Gasteiger partial charge in [0.2, 0.25) is 11.8 Å². The van der Waals surface area contributed by atoms with E-state index in [-0.39, 0.29) is 23.8 Å². The summed E-state index contributed by atoms with van der Waals surface area (Å²) >= 11 is 1.64. The molecule has 2 saturated heterocycles. The van der Waals surface area contributed by atoms with Crippen molar-refractivity contribution in [2.45, 2.75) is 38.3 Å². The van der Waals surface area contributed by atoms with Crippen molar-refractivity contribution in [2.24, 2.45) is 5.92 Å². The average molecular weight is 394 g/mol. The van der Waals surface area contributed by atoms with Crippen LogP contribution in [0, 0.1) is 5.92 Å². The van der Waals surface area contributed by atoms with Crippen molar-refractivity contribution in [3.05, 3.63) is 16.6 Å². The lowest BCUT2D eigenvalue weighted by molar-refractivity contribution is -0.142. The molecule has 3 heterocycles. The van der Waals surface area contributed by atoms with Gasteiger partial charge < -0.3 is 20.0 Å². The number of nitrogens with one attached hydrogen (secondary N) is 1. The molecule has 2 fully saturated rings. The zero-order valence-electron chi connectivity index (χ0n) is 16.4. The Hall–Kier alpha value is -1.51. The second kappa shape index (κ2) is 9.61. The monoisotopic (exact) mass is 393 g/mol. The number of amides is 2. The number of likely N-dealkylation sites (N-methyl/N-ethyl adjacent to an activating group) is 2. The van der Waals surface area contributed by atoms with Gasteiger partial charge in [-0.15, -0.1) is 11.3 Å². The summed E-state index contributed by atoms with van der Waals surface area (Å²) in [6.07, 6.45) is 4.87. The van der Waals surface area contributed by atoms with Crippen LogP contribution >= 0.6 is 11.3 Å². The molecule has 2 amide bonds. The molecule has 1 N–H and O–H groups in total. The third kappa shape index (κ3) is 5.73. The van der Waals surface area contributed by atoms with E-state index in [1.54, 1.807) is 16.2 Å². The smallest absolute Gasteiger partial charge is 0.226 e. The van der Waals surface area contributed by atoms with Crippen LogP contribution in [0.15, 0.2) is 11.6 Å². The summed E-state index contributed by atoms with van der Waals surface area (Å²) < 4.78 is 0. The number of carbonyl (C=O) groups is 2. The van der Waals surface area contributed by atoms with Crippen LogP contribution in [-0.2, 0) is 16.1 Å². The van der Waals surface area contributed by atoms with Crippen LogP contribution < -0.4 is 5.32 Å². The molecule has 0 aliphatic carbocycles. The number of piperazine rings is 1. The van der Waals surface area contributed by atoms with Crippen LogP contribution in [0.3, 0.4) is 0 Å². The Kier molecular flexibility index (Phi) is 7.20. The van der Waals surface area contributed by atoms with E-state index in [0.29, 0.717) is 13.0 Å². The number of hydrogen-bond acceptors (Lipinski definition) is 6. The van der Waals surface area contributed by atoms with Crippen molar-refractivity contribution in [1.82, 2.24) is 25.0 Å². The van der Waals surface area contributed by atoms with Gasteiger partial charge in [-0.05, 0) is 19.9 Å². The van der Waals surface area contributed by atoms with E-state index in [9.17, 15) is 9.59 Å². The first kappa shape index (κ1) is 20.2. The maximum Gasteiger partial charge on any atom is 0.226 e. The van der Waals surface area contributed by atoms with Crippen LogP contribution in [0.25, 0.3) is 0 Å². The van der Waals surface area contributed by atoms with Gasteiger partial charge in [0.25, 0.3) is 0 Å². The van der Waals surface area contributed by atoms with Gasteiger partial charge in [0, 0.05) is 76.3 Å². The zero-order valence-corrected chi connectivity index (χ0v) is 17.2. The molecule has 0 radical (unpaired) electrons. The summed E-state index contributed by atoms with van der Waals surface area (Å²) in [6.45, 7) is 4.78. The van der Waals surface area contributed by atoms with Crippen LogP contribution in [0.1, 0.15) is 30.7 Å². The van der Waals surface area contributed by atoms with Crippen molar-refractivity contribution in [2.75, 3.05) is 46.8 Å². The third-order valence-electron chi connectivity index (χ3n) is 5.64. The molecule has 27 heavy (non-hydrogen) atoms. The molecule has 1 aromatic rings. The molecule has 8 heteroatoms. The van der Waals surface area contributed by atoms with Gasteiger partial charge >= 0.3 is 0 Å². The highest BCUT2D eigenvalue weighted by molar-refractivity contribution is 7.09. The van der Waals surface area contributed by atoms with Gasteiger partial charge in [-0.1, -0.05) is 6.42 Å². The van der Waals surface area contributed by atoms with Gasteiger partial charge in [-0.25, -0.2) is 4.98 Å². The first-order chi connectivity index (χ1) is 13.0. The second-order valence-corrected chi connectivity index (χ2v) is 8.72. The maximum atomic E-state index is 13.0. The highest BCUT2D eigenvalue weighted by Crippen LogP contribution is 2.21. The molecule has 150 valence electrons. The molecule has 2 aliphatic rings. The molecule has 2 atom stereocenters. The fourth-order valence-electron chi connectivity index (χ4n) is 3.84. The predicted molar refractivity (Wildman–Crippen MR) is 106 cm³/mol. The van der Waals surface area contributed by atoms with E-state index in [1.807, 2.05) is 23.5 Å². The molecule has 0 spiro atoms. The molecule has 1 aromatic heterocycles. The van der Waals surface area contributed by atoms with E-state index >= 15 is 0 Å². The molecule has 2 unspecified atom stereocenters. The lowest BCUT2D eigenvalue weighted by atomic mass is 9.95. The average Bonchev–Trinajstić information content (AvgIpc) is 3.19. The lowest BCUT2D eigenvalue weighted by Gasteiger charge is -2.34. The van der Waals surface area contributed by atoms with Crippen LogP contribution in [0.5, 0.6) is 0 Å². The van der Waals surface area contributed by atoms with Gasteiger partial charge in [-0.2, -0.15) is 0 Å². The Morgan fingerprint density at radius 1 is 1.26 bits per heavy atom. The topological polar surface area (TPSA) is 68.8 Å². The van der Waals surface area contributed by atoms with E-state index in [4.69, 9.17) is 0 Å². The summed E-state index contributed by atoms with van der Waals surface area (Å²) in [4.78, 5) is 35.9. The summed E-state index contributed by atoms with van der Waals surface area (Å²) in [5.41, 5.74) is 0. The molecule has 0 bridgehead atoms. The molecule has 2 aliphatic heterocycles. The maximum absolute atomic E-state index is 13.0. The number of nitrogens with zero attached hydrogens (tertiary/aromatic N) is 4. The minimum atomic E-state index is -0.180. The second-order valence-electron chi connectivity index (χ2n) is 7.74. The van der Waals surface area contributed by atoms with Crippen molar-refractivity contribution in [3.63, 3.8) is 0 Å². The standard InChI is InChI=1S/C19H31N5O2S/c1-22-7-9-24(10-8-22)19(26)15-4-3-5-16(14-23(2)18(25)12-15)21-13-17-20-6-11-27-17/h6,11,15-16,21H,3-5,7-10,12-14H2,1-2H3. The Morgan fingerprint density at radius 3 is 2.74 bits per heavy atom. The first-order valence-electron chi connectivity index (χ1n) is 9.86. The molecule has 0 saturated carbocycles. The minimum absolute atomic E-state index is 0.0745. The molecular formula is C19H31N5O2S. The quantitative estimate of drug-likeness (QED) is 0.827. The summed E-state index contributed by atoms with van der Waals surface area (Å²) in [6, 6.07) is 0.236. The van der Waals surface area contributed by atoms with Crippen LogP contribution in [-0.4, -0.2) is 84.4 Å². The highest BCUT2D eigenvalue weighted by atomic mass is 32.1. The number of thiazole rings is 1. The van der Waals surface area contributed by atoms with Crippen molar-refractivity contribution >= 4 is 23.2 Å². The summed E-state index contributed by atoms with van der Waals surface area (Å²) in [7, 11) is 3.93. The summed E-state index contributed by atoms with van der Waals surface area (Å²) in [5.74, 6) is 0.0607. The first-order valence-corrected chi connectivity index (χ1v) is 10.7. The molecule has 7 nitrogen and oxygen atoms in total. The fraction of sp³-hybridized carbons (Fsp3) is 0.737. The van der Waals surface area contributed by atoms with Gasteiger partial charge in [0.15, 0.2) is 0 Å². The fourth-order valence-corrected chi connectivity index (χ4v) is 4.40. The zero-order chi connectivity index (χ0) is 19.2. The van der Waals surface area contributed by atoms with Gasteiger partial charge in [-0.3, -0.25) is 9.59 Å². The van der Waals surface area contributed by atoms with Gasteiger partial charge in [0.1, 0.15) is 5.01 Å². The number of carbonyl (C=O) groups excluding carboxylic acids is 2.